The highest BCUT2D eigenvalue weighted by Gasteiger charge is 2.27. The predicted octanol–water partition coefficient (Wildman–Crippen LogP) is 0.611. The van der Waals surface area contributed by atoms with Crippen LogP contribution in [0.1, 0.15) is 16.8 Å². The van der Waals surface area contributed by atoms with E-state index in [0.29, 0.717) is 0 Å². The second-order valence-corrected chi connectivity index (χ2v) is 4.56. The number of carbonyl (C=O) groups excluding carboxylic acids is 1. The van der Waals surface area contributed by atoms with Gasteiger partial charge in [0.2, 0.25) is 0 Å². The number of carbonyl (C=O) groups is 1. The molecule has 0 bridgehead atoms. The number of nitrogens with two attached hydrogens (primary N) is 1. The molecule has 7 heteroatoms. The minimum absolute atomic E-state index is 0.0738. The van der Waals surface area contributed by atoms with Crippen LogP contribution in [0.5, 0.6) is 0 Å². The first-order chi connectivity index (χ1) is 9.02. The molecule has 1 heterocycles. The molecule has 1 amide bonds. The van der Waals surface area contributed by atoms with Gasteiger partial charge in [0.05, 0.1) is 10.5 Å². The number of rotatable bonds is 3. The van der Waals surface area contributed by atoms with E-state index < -0.39 is 4.92 Å². The van der Waals surface area contributed by atoms with E-state index in [0.717, 1.165) is 19.5 Å². The molecule has 0 aromatic heterocycles. The Morgan fingerprint density at radius 2 is 2.32 bits per heavy atom. The molecule has 19 heavy (non-hydrogen) atoms. The van der Waals surface area contributed by atoms with E-state index in [1.54, 1.807) is 11.9 Å². The fraction of sp³-hybridized carbons (Fsp3) is 0.417. The van der Waals surface area contributed by atoms with Gasteiger partial charge in [0.25, 0.3) is 11.6 Å². The number of benzene rings is 1. The minimum Gasteiger partial charge on any atom is -0.393 e. The number of hydrogen-bond donors (Lipinski definition) is 2. The molecule has 1 unspecified atom stereocenters. The van der Waals surface area contributed by atoms with Crippen molar-refractivity contribution < 1.29 is 9.72 Å². The van der Waals surface area contributed by atoms with Gasteiger partial charge in [-0.1, -0.05) is 6.07 Å². The van der Waals surface area contributed by atoms with Gasteiger partial charge in [-0.05, 0) is 19.0 Å². The molecule has 1 aliphatic heterocycles. The largest absolute Gasteiger partial charge is 0.393 e. The lowest BCUT2D eigenvalue weighted by Gasteiger charge is -2.24. The highest BCUT2D eigenvalue weighted by molar-refractivity contribution is 6.01. The average Bonchev–Trinajstić information content (AvgIpc) is 2.90. The summed E-state index contributed by atoms with van der Waals surface area (Å²) >= 11 is 0. The van der Waals surface area contributed by atoms with E-state index >= 15 is 0 Å². The molecule has 0 saturated carbocycles. The molecule has 1 aromatic rings. The standard InChI is InChI=1S/C12H16N4O3/c1-15(8-5-6-14-7-8)12(17)9-3-2-4-10(11(9)13)16(18)19/h2-4,8,14H,5-7,13H2,1H3. The molecule has 0 spiro atoms. The van der Waals surface area contributed by atoms with Gasteiger partial charge in [0.15, 0.2) is 0 Å². The van der Waals surface area contributed by atoms with Crippen LogP contribution in [-0.2, 0) is 0 Å². The van der Waals surface area contributed by atoms with Crippen LogP contribution < -0.4 is 11.1 Å². The van der Waals surface area contributed by atoms with E-state index in [1.165, 1.54) is 18.2 Å². The Morgan fingerprint density at radius 1 is 1.58 bits per heavy atom. The molecule has 1 fully saturated rings. The molecule has 1 saturated heterocycles. The first-order valence-corrected chi connectivity index (χ1v) is 6.03. The number of nitro benzene ring substituents is 1. The number of amides is 1. The van der Waals surface area contributed by atoms with Crippen molar-refractivity contribution in [2.75, 3.05) is 25.9 Å². The SMILES string of the molecule is CN(C(=O)c1cccc([N+](=O)[O-])c1N)C1CCNC1. The van der Waals surface area contributed by atoms with Gasteiger partial charge in [-0.25, -0.2) is 0 Å². The summed E-state index contributed by atoms with van der Waals surface area (Å²) in [6, 6.07) is 4.39. The van der Waals surface area contributed by atoms with E-state index in [-0.39, 0.29) is 28.9 Å². The molecule has 3 N–H and O–H groups in total. The maximum Gasteiger partial charge on any atom is 0.292 e. The maximum absolute atomic E-state index is 12.3. The molecule has 1 aromatic carbocycles. The van der Waals surface area contributed by atoms with Gasteiger partial charge in [-0.3, -0.25) is 14.9 Å². The van der Waals surface area contributed by atoms with Crippen molar-refractivity contribution >= 4 is 17.3 Å². The molecule has 2 rings (SSSR count). The number of hydrogen-bond acceptors (Lipinski definition) is 5. The summed E-state index contributed by atoms with van der Waals surface area (Å²) < 4.78 is 0. The molecule has 0 radical (unpaired) electrons. The highest BCUT2D eigenvalue weighted by Crippen LogP contribution is 2.26. The number of nitro groups is 1. The zero-order valence-electron chi connectivity index (χ0n) is 10.6. The van der Waals surface area contributed by atoms with Gasteiger partial charge in [-0.15, -0.1) is 0 Å². The Hall–Kier alpha value is -2.15. The average molecular weight is 264 g/mol. The Kier molecular flexibility index (Phi) is 3.66. The highest BCUT2D eigenvalue weighted by atomic mass is 16.6. The summed E-state index contributed by atoms with van der Waals surface area (Å²) in [5.41, 5.74) is 5.59. The van der Waals surface area contributed by atoms with Crippen LogP contribution in [0.25, 0.3) is 0 Å². The minimum atomic E-state index is -0.580. The number of nitrogens with zero attached hydrogens (tertiary/aromatic N) is 2. The van der Waals surface area contributed by atoms with E-state index in [9.17, 15) is 14.9 Å². The van der Waals surface area contributed by atoms with E-state index in [2.05, 4.69) is 5.32 Å². The predicted molar refractivity (Wildman–Crippen MR) is 70.9 cm³/mol. The van der Waals surface area contributed by atoms with Crippen molar-refractivity contribution in [1.82, 2.24) is 10.2 Å². The molecule has 7 nitrogen and oxygen atoms in total. The summed E-state index contributed by atoms with van der Waals surface area (Å²) in [7, 11) is 1.69. The molecule has 1 atom stereocenters. The number of likely N-dealkylation sites (N-methyl/N-ethyl adjacent to an activating group) is 1. The topological polar surface area (TPSA) is 102 Å². The third-order valence-electron chi connectivity index (χ3n) is 3.41. The first-order valence-electron chi connectivity index (χ1n) is 6.03. The second kappa shape index (κ2) is 5.23. The van der Waals surface area contributed by atoms with Gasteiger partial charge >= 0.3 is 0 Å². The quantitative estimate of drug-likeness (QED) is 0.473. The summed E-state index contributed by atoms with van der Waals surface area (Å²) in [5, 5.41) is 14.0. The Balaban J connectivity index is 2.28. The van der Waals surface area contributed by atoms with Crippen LogP contribution in [0, 0.1) is 10.1 Å². The van der Waals surface area contributed by atoms with Crippen LogP contribution in [0.15, 0.2) is 18.2 Å². The maximum atomic E-state index is 12.3. The molecule has 0 aliphatic carbocycles. The van der Waals surface area contributed by atoms with E-state index in [4.69, 9.17) is 5.73 Å². The third kappa shape index (κ3) is 2.50. The number of nitrogens with one attached hydrogen (secondary N) is 1. The van der Waals surface area contributed by atoms with Gasteiger partial charge in [-0.2, -0.15) is 0 Å². The Labute approximate surface area is 110 Å². The van der Waals surface area contributed by atoms with Crippen LogP contribution in [0.4, 0.5) is 11.4 Å². The van der Waals surface area contributed by atoms with Crippen molar-refractivity contribution in [3.63, 3.8) is 0 Å². The molecule has 1 aliphatic rings. The molecular weight excluding hydrogens is 248 g/mol. The van der Waals surface area contributed by atoms with Gasteiger partial charge in [0, 0.05) is 25.7 Å². The smallest absolute Gasteiger partial charge is 0.292 e. The first kappa shape index (κ1) is 13.3. The van der Waals surface area contributed by atoms with Crippen molar-refractivity contribution in [3.8, 4) is 0 Å². The zero-order chi connectivity index (χ0) is 14.0. The van der Waals surface area contributed by atoms with Crippen LogP contribution in [-0.4, -0.2) is 41.9 Å². The van der Waals surface area contributed by atoms with Crippen molar-refractivity contribution in [2.24, 2.45) is 0 Å². The van der Waals surface area contributed by atoms with Crippen molar-refractivity contribution in [2.45, 2.75) is 12.5 Å². The van der Waals surface area contributed by atoms with Gasteiger partial charge < -0.3 is 16.0 Å². The lowest BCUT2D eigenvalue weighted by Crippen LogP contribution is -2.38. The number of nitrogen functional groups attached to an aromatic ring is 1. The van der Waals surface area contributed by atoms with Crippen LogP contribution in [0.2, 0.25) is 0 Å². The van der Waals surface area contributed by atoms with Crippen LogP contribution in [0.3, 0.4) is 0 Å². The summed E-state index contributed by atoms with van der Waals surface area (Å²) in [5.74, 6) is -0.282. The summed E-state index contributed by atoms with van der Waals surface area (Å²) in [6.45, 7) is 1.60. The third-order valence-corrected chi connectivity index (χ3v) is 3.41. The van der Waals surface area contributed by atoms with Crippen molar-refractivity contribution in [1.29, 1.82) is 0 Å². The summed E-state index contributed by atoms with van der Waals surface area (Å²) in [4.78, 5) is 24.1. The molecular formula is C12H16N4O3. The van der Waals surface area contributed by atoms with Gasteiger partial charge in [0.1, 0.15) is 5.69 Å². The van der Waals surface area contributed by atoms with Crippen molar-refractivity contribution in [3.05, 3.63) is 33.9 Å². The fourth-order valence-corrected chi connectivity index (χ4v) is 2.22. The van der Waals surface area contributed by atoms with Crippen LogP contribution >= 0.6 is 0 Å². The fourth-order valence-electron chi connectivity index (χ4n) is 2.22. The number of para-hydroxylation sites is 1. The zero-order valence-corrected chi connectivity index (χ0v) is 10.6. The Bertz CT molecular complexity index is 512. The normalized spacial score (nSPS) is 18.3. The monoisotopic (exact) mass is 264 g/mol. The lowest BCUT2D eigenvalue weighted by molar-refractivity contribution is -0.383. The Morgan fingerprint density at radius 3 is 2.89 bits per heavy atom. The molecule has 102 valence electrons. The second-order valence-electron chi connectivity index (χ2n) is 4.56. The number of anilines is 1. The van der Waals surface area contributed by atoms with E-state index in [1.807, 2.05) is 0 Å². The summed E-state index contributed by atoms with van der Waals surface area (Å²) in [6.07, 6.45) is 0.872. The lowest BCUT2D eigenvalue weighted by atomic mass is 10.1.